The van der Waals surface area contributed by atoms with Crippen molar-refractivity contribution in [2.24, 2.45) is 0 Å². The van der Waals surface area contributed by atoms with E-state index in [4.69, 9.17) is 12.2 Å². The fourth-order valence-electron chi connectivity index (χ4n) is 5.20. The molecule has 196 valence electrons. The van der Waals surface area contributed by atoms with E-state index in [-0.39, 0.29) is 12.1 Å². The minimum absolute atomic E-state index is 0.152. The van der Waals surface area contributed by atoms with Crippen LogP contribution in [0.1, 0.15) is 45.9 Å². The lowest BCUT2D eigenvalue weighted by molar-refractivity contribution is 0.563. The molecular formula is C29H31N5O2S2. The number of aryl methyl sites for hydroxylation is 2. The standard InChI is InChI=1S/C29H31N5O2S2/c1-19-16-23(13-14-25(19)32-38(4,35)36)34-28(27(31-29(34)37)26-12-8-9-15-30-26)24-17-20(2)33(21(24)3)18-22-10-6-5-7-11-22/h5-17,27-28,32H,18H2,1-4H3,(H,31,37). The second kappa shape index (κ2) is 10.2. The van der Waals surface area contributed by atoms with Gasteiger partial charge in [-0.15, -0.1) is 0 Å². The predicted octanol–water partition coefficient (Wildman–Crippen LogP) is 5.41. The first-order valence-corrected chi connectivity index (χ1v) is 14.7. The predicted molar refractivity (Wildman–Crippen MR) is 157 cm³/mol. The molecule has 0 aliphatic carbocycles. The van der Waals surface area contributed by atoms with Crippen molar-refractivity contribution in [2.75, 3.05) is 15.9 Å². The van der Waals surface area contributed by atoms with E-state index in [0.717, 1.165) is 35.3 Å². The van der Waals surface area contributed by atoms with Gasteiger partial charge >= 0.3 is 0 Å². The van der Waals surface area contributed by atoms with Crippen molar-refractivity contribution in [3.63, 3.8) is 0 Å². The summed E-state index contributed by atoms with van der Waals surface area (Å²) in [5, 5.41) is 4.12. The first kappa shape index (κ1) is 25.9. The van der Waals surface area contributed by atoms with Crippen LogP contribution in [0.4, 0.5) is 11.4 Å². The fourth-order valence-corrected chi connectivity index (χ4v) is 6.17. The van der Waals surface area contributed by atoms with Crippen molar-refractivity contribution in [2.45, 2.75) is 39.4 Å². The molecule has 0 bridgehead atoms. The second-order valence-corrected chi connectivity index (χ2v) is 11.9. The molecule has 2 atom stereocenters. The SMILES string of the molecule is Cc1cc(N2C(=S)NC(c3ccccn3)C2c2cc(C)n(Cc3ccccc3)c2C)ccc1NS(C)(=O)=O. The average molecular weight is 546 g/mol. The van der Waals surface area contributed by atoms with Gasteiger partial charge in [-0.2, -0.15) is 0 Å². The third-order valence-corrected chi connectivity index (χ3v) is 7.90. The normalized spacial score (nSPS) is 17.5. The van der Waals surface area contributed by atoms with Crippen LogP contribution in [0.15, 0.2) is 79.0 Å². The van der Waals surface area contributed by atoms with Gasteiger partial charge in [-0.05, 0) is 86.1 Å². The highest BCUT2D eigenvalue weighted by atomic mass is 32.2. The molecular weight excluding hydrogens is 514 g/mol. The Morgan fingerprint density at radius 2 is 1.74 bits per heavy atom. The number of hydrogen-bond donors (Lipinski definition) is 2. The molecule has 2 N–H and O–H groups in total. The Morgan fingerprint density at radius 1 is 1.00 bits per heavy atom. The zero-order chi connectivity index (χ0) is 27.0. The van der Waals surface area contributed by atoms with Crippen molar-refractivity contribution in [1.82, 2.24) is 14.9 Å². The molecule has 1 fully saturated rings. The van der Waals surface area contributed by atoms with Gasteiger partial charge in [0, 0.05) is 29.8 Å². The summed E-state index contributed by atoms with van der Waals surface area (Å²) in [6.07, 6.45) is 2.95. The average Bonchev–Trinajstić information content (AvgIpc) is 3.36. The van der Waals surface area contributed by atoms with Gasteiger partial charge in [0.2, 0.25) is 10.0 Å². The Balaban J connectivity index is 1.60. The van der Waals surface area contributed by atoms with Gasteiger partial charge in [0.1, 0.15) is 0 Å². The van der Waals surface area contributed by atoms with Crippen LogP contribution in [0.2, 0.25) is 0 Å². The molecule has 2 unspecified atom stereocenters. The molecule has 5 rings (SSSR count). The molecule has 3 heterocycles. The number of nitrogens with zero attached hydrogens (tertiary/aromatic N) is 3. The molecule has 1 aliphatic rings. The van der Waals surface area contributed by atoms with Crippen LogP contribution in [0.3, 0.4) is 0 Å². The van der Waals surface area contributed by atoms with Gasteiger partial charge in [0.25, 0.3) is 0 Å². The second-order valence-electron chi connectivity index (χ2n) is 9.77. The summed E-state index contributed by atoms with van der Waals surface area (Å²) in [5.41, 5.74) is 7.89. The van der Waals surface area contributed by atoms with Gasteiger partial charge in [0.15, 0.2) is 5.11 Å². The smallest absolute Gasteiger partial charge is 0.229 e. The van der Waals surface area contributed by atoms with Gasteiger partial charge in [-0.3, -0.25) is 9.71 Å². The maximum atomic E-state index is 11.8. The van der Waals surface area contributed by atoms with E-state index < -0.39 is 10.0 Å². The molecule has 0 spiro atoms. The quantitative estimate of drug-likeness (QED) is 0.303. The van der Waals surface area contributed by atoms with Crippen LogP contribution < -0.4 is 14.9 Å². The van der Waals surface area contributed by atoms with E-state index in [1.807, 2.05) is 43.3 Å². The van der Waals surface area contributed by atoms with Crippen molar-refractivity contribution >= 4 is 38.7 Å². The van der Waals surface area contributed by atoms with E-state index in [2.05, 4.69) is 68.7 Å². The first-order valence-electron chi connectivity index (χ1n) is 12.4. The third kappa shape index (κ3) is 5.16. The fraction of sp³-hybridized carbons (Fsp3) is 0.241. The minimum atomic E-state index is -3.39. The summed E-state index contributed by atoms with van der Waals surface area (Å²) in [6.45, 7) is 6.96. The van der Waals surface area contributed by atoms with E-state index in [1.165, 1.54) is 17.0 Å². The number of rotatable bonds is 7. The summed E-state index contributed by atoms with van der Waals surface area (Å²) in [4.78, 5) is 6.79. The van der Waals surface area contributed by atoms with E-state index in [9.17, 15) is 8.42 Å². The monoisotopic (exact) mass is 545 g/mol. The molecule has 1 saturated heterocycles. The molecule has 0 saturated carbocycles. The van der Waals surface area contributed by atoms with Gasteiger partial charge in [-0.1, -0.05) is 36.4 Å². The molecule has 1 aliphatic heterocycles. The lowest BCUT2D eigenvalue weighted by Crippen LogP contribution is -2.29. The lowest BCUT2D eigenvalue weighted by Gasteiger charge is -2.29. The Kier molecular flexibility index (Phi) is 6.98. The molecule has 4 aromatic rings. The first-order chi connectivity index (χ1) is 18.1. The Labute approximate surface area is 229 Å². The number of hydrogen-bond acceptors (Lipinski definition) is 4. The summed E-state index contributed by atoms with van der Waals surface area (Å²) < 4.78 is 28.6. The van der Waals surface area contributed by atoms with Crippen LogP contribution in [0, 0.1) is 20.8 Å². The Hall–Kier alpha value is -3.69. The Bertz CT molecular complexity index is 1580. The van der Waals surface area contributed by atoms with Crippen LogP contribution in [0.5, 0.6) is 0 Å². The summed E-state index contributed by atoms with van der Waals surface area (Å²) >= 11 is 5.90. The maximum Gasteiger partial charge on any atom is 0.229 e. The molecule has 0 amide bonds. The molecule has 0 radical (unpaired) electrons. The van der Waals surface area contributed by atoms with Gasteiger partial charge in [0.05, 0.1) is 29.7 Å². The van der Waals surface area contributed by atoms with Gasteiger partial charge in [-0.25, -0.2) is 8.42 Å². The zero-order valence-corrected chi connectivity index (χ0v) is 23.5. The zero-order valence-electron chi connectivity index (χ0n) is 21.8. The van der Waals surface area contributed by atoms with E-state index in [0.29, 0.717) is 10.8 Å². The third-order valence-electron chi connectivity index (χ3n) is 7.00. The van der Waals surface area contributed by atoms with E-state index >= 15 is 0 Å². The highest BCUT2D eigenvalue weighted by Gasteiger charge is 2.42. The highest BCUT2D eigenvalue weighted by molar-refractivity contribution is 7.92. The number of pyridine rings is 1. The lowest BCUT2D eigenvalue weighted by atomic mass is 9.96. The molecule has 2 aromatic carbocycles. The van der Waals surface area contributed by atoms with E-state index in [1.54, 1.807) is 12.3 Å². The topological polar surface area (TPSA) is 79.3 Å². The van der Waals surface area contributed by atoms with Crippen molar-refractivity contribution in [3.05, 3.63) is 113 Å². The van der Waals surface area contributed by atoms with Crippen molar-refractivity contribution in [1.29, 1.82) is 0 Å². The maximum absolute atomic E-state index is 11.8. The Morgan fingerprint density at radius 3 is 2.39 bits per heavy atom. The molecule has 38 heavy (non-hydrogen) atoms. The summed E-state index contributed by atoms with van der Waals surface area (Å²) in [7, 11) is -3.39. The summed E-state index contributed by atoms with van der Waals surface area (Å²) in [6, 6.07) is 24.0. The van der Waals surface area contributed by atoms with Crippen molar-refractivity contribution in [3.8, 4) is 0 Å². The largest absolute Gasteiger partial charge is 0.351 e. The number of anilines is 2. The molecule has 9 heteroatoms. The number of benzene rings is 2. The number of thiocarbonyl (C=S) groups is 1. The van der Waals surface area contributed by atoms with Crippen LogP contribution in [-0.2, 0) is 16.6 Å². The van der Waals surface area contributed by atoms with Crippen LogP contribution in [-0.4, -0.2) is 29.3 Å². The number of aromatic nitrogens is 2. The van der Waals surface area contributed by atoms with Gasteiger partial charge < -0.3 is 14.8 Å². The molecule has 2 aromatic heterocycles. The number of sulfonamides is 1. The summed E-state index contributed by atoms with van der Waals surface area (Å²) in [5.74, 6) is 0. The highest BCUT2D eigenvalue weighted by Crippen LogP contribution is 2.44. The molecule has 7 nitrogen and oxygen atoms in total. The van der Waals surface area contributed by atoms with Crippen molar-refractivity contribution < 1.29 is 8.42 Å². The minimum Gasteiger partial charge on any atom is -0.351 e. The van der Waals surface area contributed by atoms with Crippen LogP contribution >= 0.6 is 12.2 Å². The van der Waals surface area contributed by atoms with Crippen LogP contribution in [0.25, 0.3) is 0 Å². The number of nitrogens with one attached hydrogen (secondary N) is 2.